The predicted molar refractivity (Wildman–Crippen MR) is 110 cm³/mol. The number of carbonyl (C=O) groups is 2. The monoisotopic (exact) mass is 469 g/mol. The van der Waals surface area contributed by atoms with E-state index >= 15 is 0 Å². The lowest BCUT2D eigenvalue weighted by Crippen LogP contribution is -3.13. The van der Waals surface area contributed by atoms with E-state index in [-0.39, 0.29) is 29.8 Å². The number of hydrogen-bond donors (Lipinski definition) is 4. The van der Waals surface area contributed by atoms with Crippen molar-refractivity contribution >= 4 is 49.1 Å². The Bertz CT molecular complexity index is 931. The van der Waals surface area contributed by atoms with Crippen molar-refractivity contribution < 1.29 is 22.9 Å². The molecule has 1 atom stereocenters. The second kappa shape index (κ2) is 9.78. The number of nitrogens with one attached hydrogen (secondary N) is 3. The average molecular weight is 470 g/mol. The van der Waals surface area contributed by atoms with E-state index in [1.165, 1.54) is 24.3 Å². The van der Waals surface area contributed by atoms with E-state index in [0.29, 0.717) is 17.9 Å². The molecule has 0 saturated heterocycles. The lowest BCUT2D eigenvalue weighted by molar-refractivity contribution is -0.881. The van der Waals surface area contributed by atoms with Gasteiger partial charge < -0.3 is 15.5 Å². The number of hydrogen-bond acceptors (Lipinski definition) is 4. The van der Waals surface area contributed by atoms with Gasteiger partial charge in [0.1, 0.15) is 0 Å². The highest BCUT2D eigenvalue weighted by atomic mass is 79.9. The van der Waals surface area contributed by atoms with Crippen LogP contribution in [0.1, 0.15) is 6.92 Å². The quantitative estimate of drug-likeness (QED) is 0.451. The number of amides is 2. The van der Waals surface area contributed by atoms with Gasteiger partial charge in [-0.3, -0.25) is 9.59 Å². The first-order chi connectivity index (χ1) is 13.2. The Kier molecular flexibility index (Phi) is 7.69. The maximum absolute atomic E-state index is 12.2. The zero-order valence-corrected chi connectivity index (χ0v) is 17.6. The van der Waals surface area contributed by atoms with Crippen molar-refractivity contribution in [2.45, 2.75) is 11.8 Å². The minimum Gasteiger partial charge on any atom is -0.321 e. The average Bonchev–Trinajstić information content (AvgIpc) is 2.62. The van der Waals surface area contributed by atoms with Gasteiger partial charge >= 0.3 is 0 Å². The minimum atomic E-state index is -3.78. The summed E-state index contributed by atoms with van der Waals surface area (Å²) in [5.74, 6) is -0.471. The number of sulfonamides is 1. The molecule has 10 heteroatoms. The van der Waals surface area contributed by atoms with Crippen LogP contribution in [-0.2, 0) is 19.6 Å². The van der Waals surface area contributed by atoms with E-state index in [0.717, 1.165) is 9.37 Å². The normalized spacial score (nSPS) is 12.2. The Hall–Kier alpha value is -2.27. The number of carbonyl (C=O) groups excluding carboxylic acids is 2. The SMILES string of the molecule is CC[NH+](CC(=O)Nc1ccc(Br)cc1)CC(=O)Nc1ccc(S(N)(=O)=O)cc1. The zero-order chi connectivity index (χ0) is 20.7. The molecule has 2 rings (SSSR count). The Morgan fingerprint density at radius 3 is 1.75 bits per heavy atom. The smallest absolute Gasteiger partial charge is 0.279 e. The molecule has 8 nitrogen and oxygen atoms in total. The summed E-state index contributed by atoms with van der Waals surface area (Å²) in [4.78, 5) is 25.2. The second-order valence-corrected chi connectivity index (χ2v) is 8.61. The molecule has 0 aliphatic rings. The van der Waals surface area contributed by atoms with E-state index in [1.54, 1.807) is 12.1 Å². The molecule has 0 aliphatic carbocycles. The number of benzene rings is 2. The van der Waals surface area contributed by atoms with E-state index in [4.69, 9.17) is 5.14 Å². The van der Waals surface area contributed by atoms with Gasteiger partial charge in [-0.2, -0.15) is 0 Å². The number of halogens is 1. The molecular formula is C18H22BrN4O4S+. The largest absolute Gasteiger partial charge is 0.321 e. The summed E-state index contributed by atoms with van der Waals surface area (Å²) in [5, 5.41) is 10.5. The summed E-state index contributed by atoms with van der Waals surface area (Å²) in [6.45, 7) is 2.72. The van der Waals surface area contributed by atoms with Crippen LogP contribution in [0.3, 0.4) is 0 Å². The van der Waals surface area contributed by atoms with Crippen LogP contribution in [0, 0.1) is 0 Å². The van der Waals surface area contributed by atoms with Crippen LogP contribution in [0.25, 0.3) is 0 Å². The van der Waals surface area contributed by atoms with E-state index in [1.807, 2.05) is 19.1 Å². The molecule has 150 valence electrons. The highest BCUT2D eigenvalue weighted by Gasteiger charge is 2.17. The molecule has 0 heterocycles. The van der Waals surface area contributed by atoms with Crippen molar-refractivity contribution in [3.8, 4) is 0 Å². The second-order valence-electron chi connectivity index (χ2n) is 6.13. The van der Waals surface area contributed by atoms with Gasteiger partial charge in [0.05, 0.1) is 11.4 Å². The van der Waals surface area contributed by atoms with Crippen LogP contribution >= 0.6 is 15.9 Å². The Labute approximate surface area is 172 Å². The van der Waals surface area contributed by atoms with Gasteiger partial charge in [0.25, 0.3) is 11.8 Å². The van der Waals surface area contributed by atoms with Crippen molar-refractivity contribution in [2.24, 2.45) is 5.14 Å². The fourth-order valence-electron chi connectivity index (χ4n) is 2.44. The van der Waals surface area contributed by atoms with Gasteiger partial charge in [0.15, 0.2) is 13.1 Å². The highest BCUT2D eigenvalue weighted by molar-refractivity contribution is 9.10. The summed E-state index contributed by atoms with van der Waals surface area (Å²) < 4.78 is 23.4. The summed E-state index contributed by atoms with van der Waals surface area (Å²) in [7, 11) is -3.78. The molecule has 2 amide bonds. The van der Waals surface area contributed by atoms with Crippen molar-refractivity contribution in [3.63, 3.8) is 0 Å². The molecule has 0 saturated carbocycles. The van der Waals surface area contributed by atoms with Crippen LogP contribution in [0.5, 0.6) is 0 Å². The number of anilines is 2. The van der Waals surface area contributed by atoms with Crippen LogP contribution in [0.15, 0.2) is 57.9 Å². The molecule has 0 bridgehead atoms. The molecular weight excluding hydrogens is 448 g/mol. The lowest BCUT2D eigenvalue weighted by atomic mass is 10.3. The predicted octanol–water partition coefficient (Wildman–Crippen LogP) is 0.579. The van der Waals surface area contributed by atoms with Crippen molar-refractivity contribution in [1.29, 1.82) is 0 Å². The van der Waals surface area contributed by atoms with Gasteiger partial charge in [0, 0.05) is 15.8 Å². The highest BCUT2D eigenvalue weighted by Crippen LogP contribution is 2.14. The molecule has 0 radical (unpaired) electrons. The molecule has 0 aliphatic heterocycles. The maximum Gasteiger partial charge on any atom is 0.279 e. The molecule has 5 N–H and O–H groups in total. The van der Waals surface area contributed by atoms with Crippen LogP contribution in [0.2, 0.25) is 0 Å². The third kappa shape index (κ3) is 7.04. The maximum atomic E-state index is 12.2. The Morgan fingerprint density at radius 2 is 1.36 bits per heavy atom. The van der Waals surface area contributed by atoms with E-state index in [2.05, 4.69) is 26.6 Å². The first kappa shape index (κ1) is 22.0. The molecule has 1 unspecified atom stereocenters. The molecule has 28 heavy (non-hydrogen) atoms. The summed E-state index contributed by atoms with van der Waals surface area (Å²) >= 11 is 3.33. The lowest BCUT2D eigenvalue weighted by Gasteiger charge is -2.17. The molecule has 0 fully saturated rings. The van der Waals surface area contributed by atoms with Crippen LogP contribution < -0.4 is 20.7 Å². The molecule has 2 aromatic carbocycles. The topological polar surface area (TPSA) is 123 Å². The third-order valence-electron chi connectivity index (χ3n) is 3.92. The number of nitrogens with two attached hydrogens (primary N) is 1. The van der Waals surface area contributed by atoms with Crippen LogP contribution in [0.4, 0.5) is 11.4 Å². The number of primary sulfonamides is 1. The standard InChI is InChI=1S/C18H21BrN4O4S/c1-2-23(11-17(24)21-14-5-3-13(19)4-6-14)12-18(25)22-15-7-9-16(10-8-15)28(20,26)27/h3-10H,2,11-12H2,1H3,(H,21,24)(H,22,25)(H2,20,26,27)/p+1. The van der Waals surface area contributed by atoms with Crippen molar-refractivity contribution in [2.75, 3.05) is 30.3 Å². The fourth-order valence-corrected chi connectivity index (χ4v) is 3.22. The van der Waals surface area contributed by atoms with Crippen LogP contribution in [-0.4, -0.2) is 39.9 Å². The zero-order valence-electron chi connectivity index (χ0n) is 15.2. The Morgan fingerprint density at radius 1 is 0.929 bits per heavy atom. The van der Waals surface area contributed by atoms with E-state index in [9.17, 15) is 18.0 Å². The van der Waals surface area contributed by atoms with Crippen molar-refractivity contribution in [1.82, 2.24) is 0 Å². The van der Waals surface area contributed by atoms with Gasteiger partial charge in [0.2, 0.25) is 10.0 Å². The van der Waals surface area contributed by atoms with Gasteiger partial charge in [-0.05, 0) is 55.5 Å². The number of likely N-dealkylation sites (N-methyl/N-ethyl adjacent to an activating group) is 1. The number of quaternary nitrogens is 1. The van der Waals surface area contributed by atoms with Gasteiger partial charge in [-0.1, -0.05) is 15.9 Å². The minimum absolute atomic E-state index is 0.0316. The summed E-state index contributed by atoms with van der Waals surface area (Å²) in [6.07, 6.45) is 0. The first-order valence-corrected chi connectivity index (χ1v) is 10.8. The van der Waals surface area contributed by atoms with Gasteiger partial charge in [-0.15, -0.1) is 0 Å². The number of rotatable bonds is 8. The Balaban J connectivity index is 1.88. The van der Waals surface area contributed by atoms with Gasteiger partial charge in [-0.25, -0.2) is 13.6 Å². The summed E-state index contributed by atoms with van der Waals surface area (Å²) in [6, 6.07) is 12.8. The summed E-state index contributed by atoms with van der Waals surface area (Å²) in [5.41, 5.74) is 1.13. The van der Waals surface area contributed by atoms with Crippen molar-refractivity contribution in [3.05, 3.63) is 53.0 Å². The first-order valence-electron chi connectivity index (χ1n) is 8.49. The fraction of sp³-hybridized carbons (Fsp3) is 0.222. The molecule has 0 aromatic heterocycles. The molecule has 2 aromatic rings. The third-order valence-corrected chi connectivity index (χ3v) is 5.37. The van der Waals surface area contributed by atoms with E-state index < -0.39 is 10.0 Å². The molecule has 0 spiro atoms.